The zero-order valence-corrected chi connectivity index (χ0v) is 11.8. The van der Waals surface area contributed by atoms with E-state index in [0.717, 1.165) is 34.4 Å². The highest BCUT2D eigenvalue weighted by Gasteiger charge is 2.08. The number of rotatable bonds is 5. The Kier molecular flexibility index (Phi) is 3.78. The highest BCUT2D eigenvalue weighted by molar-refractivity contribution is 7.99. The number of hydrogen-bond donors (Lipinski definition) is 2. The van der Waals surface area contributed by atoms with Gasteiger partial charge in [0.2, 0.25) is 0 Å². The first-order valence-corrected chi connectivity index (χ1v) is 7.21. The van der Waals surface area contributed by atoms with Crippen molar-refractivity contribution in [3.05, 3.63) is 30.9 Å². The van der Waals surface area contributed by atoms with Crippen LogP contribution in [0.25, 0.3) is 11.2 Å². The molecule has 0 spiro atoms. The quantitative estimate of drug-likeness (QED) is 0.702. The van der Waals surface area contributed by atoms with Gasteiger partial charge in [-0.2, -0.15) is 0 Å². The normalized spacial score (nSPS) is 10.8. The van der Waals surface area contributed by atoms with Crippen molar-refractivity contribution in [3.63, 3.8) is 0 Å². The van der Waals surface area contributed by atoms with E-state index in [1.807, 2.05) is 18.2 Å². The van der Waals surface area contributed by atoms with E-state index in [0.29, 0.717) is 5.65 Å². The molecular formula is C13H14N6S. The zero-order chi connectivity index (χ0) is 13.8. The van der Waals surface area contributed by atoms with Crippen LogP contribution in [-0.2, 0) is 0 Å². The molecule has 0 radical (unpaired) electrons. The number of anilines is 1. The van der Waals surface area contributed by atoms with E-state index in [4.69, 9.17) is 0 Å². The van der Waals surface area contributed by atoms with Crippen LogP contribution in [0, 0.1) is 0 Å². The Morgan fingerprint density at radius 1 is 1.25 bits per heavy atom. The number of fused-ring (bicyclic) bond motifs is 1. The maximum Gasteiger partial charge on any atom is 0.181 e. The predicted octanol–water partition coefficient (Wildman–Crippen LogP) is 2.72. The molecule has 6 nitrogen and oxygen atoms in total. The van der Waals surface area contributed by atoms with Gasteiger partial charge in [-0.25, -0.2) is 19.9 Å². The lowest BCUT2D eigenvalue weighted by atomic mass is 10.4. The van der Waals surface area contributed by atoms with Gasteiger partial charge < -0.3 is 10.3 Å². The minimum atomic E-state index is 0.669. The van der Waals surface area contributed by atoms with Crippen molar-refractivity contribution < 1.29 is 0 Å². The molecule has 0 aliphatic heterocycles. The van der Waals surface area contributed by atoms with Crippen molar-refractivity contribution in [1.82, 2.24) is 24.9 Å². The number of imidazole rings is 1. The smallest absolute Gasteiger partial charge is 0.181 e. The third kappa shape index (κ3) is 2.72. The number of hydrogen-bond acceptors (Lipinski definition) is 6. The number of aromatic nitrogens is 5. The number of aromatic amines is 1. The Bertz CT molecular complexity index is 711. The van der Waals surface area contributed by atoms with Gasteiger partial charge in [-0.05, 0) is 30.3 Å². The van der Waals surface area contributed by atoms with Crippen LogP contribution in [0.2, 0.25) is 0 Å². The van der Waals surface area contributed by atoms with Gasteiger partial charge in [-0.1, -0.05) is 13.0 Å². The SMILES string of the molecule is CCCNc1cccc(Sc2ncnc3nc[nH]c23)n1. The maximum atomic E-state index is 4.55. The summed E-state index contributed by atoms with van der Waals surface area (Å²) in [5, 5.41) is 4.99. The minimum absolute atomic E-state index is 0.669. The molecule has 0 aromatic carbocycles. The summed E-state index contributed by atoms with van der Waals surface area (Å²) in [4.78, 5) is 20.1. The molecule has 0 atom stereocenters. The Hall–Kier alpha value is -2.15. The number of nitrogens with zero attached hydrogens (tertiary/aromatic N) is 4. The van der Waals surface area contributed by atoms with Gasteiger partial charge in [0, 0.05) is 6.54 Å². The van der Waals surface area contributed by atoms with Gasteiger partial charge >= 0.3 is 0 Å². The Labute approximate surface area is 120 Å². The third-order valence-corrected chi connectivity index (χ3v) is 3.61. The molecule has 0 unspecified atom stereocenters. The van der Waals surface area contributed by atoms with Crippen molar-refractivity contribution in [1.29, 1.82) is 0 Å². The summed E-state index contributed by atoms with van der Waals surface area (Å²) in [5.41, 5.74) is 1.51. The molecule has 0 bridgehead atoms. The van der Waals surface area contributed by atoms with E-state index in [9.17, 15) is 0 Å². The molecule has 3 aromatic heterocycles. The predicted molar refractivity (Wildman–Crippen MR) is 78.8 cm³/mol. The highest BCUT2D eigenvalue weighted by Crippen LogP contribution is 2.28. The first-order chi connectivity index (χ1) is 9.86. The molecule has 0 fully saturated rings. The molecule has 0 amide bonds. The second-order valence-electron chi connectivity index (χ2n) is 4.17. The summed E-state index contributed by atoms with van der Waals surface area (Å²) in [6, 6.07) is 5.91. The second-order valence-corrected chi connectivity index (χ2v) is 5.18. The van der Waals surface area contributed by atoms with Crippen LogP contribution in [0.3, 0.4) is 0 Å². The maximum absolute atomic E-state index is 4.55. The van der Waals surface area contributed by atoms with Gasteiger partial charge in [0.25, 0.3) is 0 Å². The third-order valence-electron chi connectivity index (χ3n) is 2.67. The highest BCUT2D eigenvalue weighted by atomic mass is 32.2. The van der Waals surface area contributed by atoms with E-state index in [2.05, 4.69) is 37.2 Å². The molecule has 20 heavy (non-hydrogen) atoms. The summed E-state index contributed by atoms with van der Waals surface area (Å²) in [7, 11) is 0. The standard InChI is InChI=1S/C13H14N6S/c1-2-6-14-9-4-3-5-10(19-9)20-13-11-12(16-7-15-11)17-8-18-13/h3-5,7-8H,2,6H2,1H3,(H,14,19)(H,15,16,17,18). The lowest BCUT2D eigenvalue weighted by Crippen LogP contribution is -2.01. The van der Waals surface area contributed by atoms with Crippen LogP contribution in [0.5, 0.6) is 0 Å². The number of nitrogens with one attached hydrogen (secondary N) is 2. The molecule has 0 aliphatic carbocycles. The molecular weight excluding hydrogens is 272 g/mol. The van der Waals surface area contributed by atoms with Crippen LogP contribution in [0.1, 0.15) is 13.3 Å². The number of pyridine rings is 1. The summed E-state index contributed by atoms with van der Waals surface area (Å²) >= 11 is 1.50. The van der Waals surface area contributed by atoms with Crippen molar-refractivity contribution in [3.8, 4) is 0 Å². The van der Waals surface area contributed by atoms with Crippen LogP contribution in [0.4, 0.5) is 5.82 Å². The zero-order valence-electron chi connectivity index (χ0n) is 11.0. The average Bonchev–Trinajstić information content (AvgIpc) is 2.95. The lowest BCUT2D eigenvalue weighted by molar-refractivity contribution is 0.959. The van der Waals surface area contributed by atoms with Crippen LogP contribution in [-0.4, -0.2) is 31.5 Å². The van der Waals surface area contributed by atoms with E-state index >= 15 is 0 Å². The van der Waals surface area contributed by atoms with Crippen molar-refractivity contribution in [2.45, 2.75) is 23.4 Å². The molecule has 7 heteroatoms. The average molecular weight is 286 g/mol. The molecule has 0 saturated heterocycles. The first-order valence-electron chi connectivity index (χ1n) is 6.39. The van der Waals surface area contributed by atoms with Gasteiger partial charge in [-0.15, -0.1) is 0 Å². The molecule has 0 aliphatic rings. The topological polar surface area (TPSA) is 79.4 Å². The molecule has 3 heterocycles. The first kappa shape index (κ1) is 12.9. The summed E-state index contributed by atoms with van der Waals surface area (Å²) in [5.74, 6) is 0.881. The summed E-state index contributed by atoms with van der Waals surface area (Å²) in [6.07, 6.45) is 4.21. The lowest BCUT2D eigenvalue weighted by Gasteiger charge is -2.05. The van der Waals surface area contributed by atoms with E-state index < -0.39 is 0 Å². The Balaban J connectivity index is 1.85. The van der Waals surface area contributed by atoms with Crippen molar-refractivity contribution in [2.24, 2.45) is 0 Å². The van der Waals surface area contributed by atoms with E-state index in [-0.39, 0.29) is 0 Å². The second kappa shape index (κ2) is 5.87. The van der Waals surface area contributed by atoms with Gasteiger partial charge in [0.15, 0.2) is 5.65 Å². The summed E-state index contributed by atoms with van der Waals surface area (Å²) in [6.45, 7) is 3.04. The van der Waals surface area contributed by atoms with Crippen molar-refractivity contribution in [2.75, 3.05) is 11.9 Å². The number of H-pyrrole nitrogens is 1. The molecule has 2 N–H and O–H groups in total. The van der Waals surface area contributed by atoms with Crippen LogP contribution >= 0.6 is 11.8 Å². The fourth-order valence-corrected chi connectivity index (χ4v) is 2.58. The van der Waals surface area contributed by atoms with Gasteiger partial charge in [0.05, 0.1) is 6.33 Å². The van der Waals surface area contributed by atoms with E-state index in [1.165, 1.54) is 18.1 Å². The Morgan fingerprint density at radius 3 is 3.10 bits per heavy atom. The van der Waals surface area contributed by atoms with Gasteiger partial charge in [0.1, 0.15) is 27.7 Å². The minimum Gasteiger partial charge on any atom is -0.370 e. The molecule has 102 valence electrons. The monoisotopic (exact) mass is 286 g/mol. The van der Waals surface area contributed by atoms with Crippen LogP contribution < -0.4 is 5.32 Å². The fourth-order valence-electron chi connectivity index (χ4n) is 1.74. The molecule has 3 aromatic rings. The molecule has 3 rings (SSSR count). The largest absolute Gasteiger partial charge is 0.370 e. The van der Waals surface area contributed by atoms with E-state index in [1.54, 1.807) is 6.33 Å². The summed E-state index contributed by atoms with van der Waals surface area (Å²) < 4.78 is 0. The fraction of sp³-hybridized carbons (Fsp3) is 0.231. The Morgan fingerprint density at radius 2 is 2.20 bits per heavy atom. The van der Waals surface area contributed by atoms with Crippen LogP contribution in [0.15, 0.2) is 40.9 Å². The van der Waals surface area contributed by atoms with Crippen molar-refractivity contribution >= 4 is 28.7 Å². The van der Waals surface area contributed by atoms with Gasteiger partial charge in [-0.3, -0.25) is 0 Å². The molecule has 0 saturated carbocycles.